The second-order valence-corrected chi connectivity index (χ2v) is 4.95. The normalized spacial score (nSPS) is 16.9. The van der Waals surface area contributed by atoms with E-state index in [1.165, 1.54) is 14.1 Å². The number of hydrogen-bond donors (Lipinski definition) is 6. The van der Waals surface area contributed by atoms with Gasteiger partial charge in [-0.1, -0.05) is 0 Å². The lowest BCUT2D eigenvalue weighted by Gasteiger charge is -2.26. The van der Waals surface area contributed by atoms with Crippen LogP contribution in [-0.2, 0) is 14.1 Å². The lowest BCUT2D eigenvalue weighted by Crippen LogP contribution is -2.48. The highest BCUT2D eigenvalue weighted by Crippen LogP contribution is 2.06. The minimum Gasteiger partial charge on any atom is -0.394 e. The van der Waals surface area contributed by atoms with Crippen molar-refractivity contribution in [2.24, 2.45) is 14.1 Å². The molecule has 22 heavy (non-hydrogen) atoms. The number of rotatable bonds is 7. The number of anilines is 1. The molecule has 10 nitrogen and oxygen atoms in total. The molecule has 0 aliphatic carbocycles. The summed E-state index contributed by atoms with van der Waals surface area (Å²) in [6, 6.07) is 1.14. The minimum absolute atomic E-state index is 0.122. The molecule has 0 fully saturated rings. The summed E-state index contributed by atoms with van der Waals surface area (Å²) in [5.74, 6) is 0.122. The number of aromatic nitrogens is 2. The molecule has 1 rings (SSSR count). The standard InChI is InChI=1S/C12H21N3O7/c1-14-8(3-9(19)15(2)12(14)22)13-4-6(17)10(20)11(21)7(18)5-16/h3,6-7,10-11,13,16-18,20-21H,4-5H2,1-2H3/t6-,7+,10-,11-/m0/s1. The quantitative estimate of drug-likeness (QED) is 0.296. The highest BCUT2D eigenvalue weighted by atomic mass is 16.4. The Kier molecular flexibility index (Phi) is 6.26. The van der Waals surface area contributed by atoms with E-state index >= 15 is 0 Å². The Labute approximate surface area is 125 Å². The summed E-state index contributed by atoms with van der Waals surface area (Å²) in [5, 5.41) is 49.3. The van der Waals surface area contributed by atoms with Crippen LogP contribution in [-0.4, -0.2) is 72.2 Å². The van der Waals surface area contributed by atoms with Crippen LogP contribution in [0.5, 0.6) is 0 Å². The van der Waals surface area contributed by atoms with Gasteiger partial charge in [0.1, 0.15) is 24.1 Å². The van der Waals surface area contributed by atoms with E-state index in [-0.39, 0.29) is 12.4 Å². The second-order valence-electron chi connectivity index (χ2n) is 4.95. The molecule has 10 heteroatoms. The van der Waals surface area contributed by atoms with E-state index in [2.05, 4.69) is 5.32 Å². The Morgan fingerprint density at radius 1 is 1.05 bits per heavy atom. The summed E-state index contributed by atoms with van der Waals surface area (Å²) in [5.41, 5.74) is -1.11. The fourth-order valence-electron chi connectivity index (χ4n) is 1.80. The molecule has 1 aromatic rings. The Hall–Kier alpha value is -1.72. The molecule has 0 saturated heterocycles. The van der Waals surface area contributed by atoms with E-state index in [1.807, 2.05) is 0 Å². The van der Waals surface area contributed by atoms with E-state index in [0.717, 1.165) is 15.2 Å². The molecule has 6 N–H and O–H groups in total. The zero-order valence-electron chi connectivity index (χ0n) is 12.2. The van der Waals surface area contributed by atoms with E-state index in [0.29, 0.717) is 0 Å². The molecule has 0 unspecified atom stereocenters. The molecule has 0 aliphatic heterocycles. The van der Waals surface area contributed by atoms with Gasteiger partial charge in [0.2, 0.25) is 0 Å². The second kappa shape index (κ2) is 7.51. The van der Waals surface area contributed by atoms with Gasteiger partial charge in [-0.05, 0) is 0 Å². The number of nitrogens with one attached hydrogen (secondary N) is 1. The van der Waals surface area contributed by atoms with Crippen LogP contribution in [0.2, 0.25) is 0 Å². The fraction of sp³-hybridized carbons (Fsp3) is 0.667. The molecule has 0 aliphatic rings. The van der Waals surface area contributed by atoms with Gasteiger partial charge in [-0.15, -0.1) is 0 Å². The molecular formula is C12H21N3O7. The van der Waals surface area contributed by atoms with Crippen molar-refractivity contribution < 1.29 is 25.5 Å². The largest absolute Gasteiger partial charge is 0.394 e. The maximum Gasteiger partial charge on any atom is 0.332 e. The predicted octanol–water partition coefficient (Wildman–Crippen LogP) is -4.07. The van der Waals surface area contributed by atoms with E-state index in [4.69, 9.17) is 5.11 Å². The van der Waals surface area contributed by atoms with Crippen LogP contribution in [0.3, 0.4) is 0 Å². The minimum atomic E-state index is -1.74. The zero-order valence-corrected chi connectivity index (χ0v) is 12.2. The molecular weight excluding hydrogens is 298 g/mol. The smallest absolute Gasteiger partial charge is 0.332 e. The monoisotopic (exact) mass is 319 g/mol. The van der Waals surface area contributed by atoms with Gasteiger partial charge < -0.3 is 30.8 Å². The van der Waals surface area contributed by atoms with E-state index in [9.17, 15) is 30.0 Å². The molecule has 0 amide bonds. The van der Waals surface area contributed by atoms with Crippen molar-refractivity contribution in [1.29, 1.82) is 0 Å². The Morgan fingerprint density at radius 2 is 1.59 bits per heavy atom. The number of hydrogen-bond acceptors (Lipinski definition) is 8. The summed E-state index contributed by atoms with van der Waals surface area (Å²) in [6.07, 6.45) is -6.57. The van der Waals surface area contributed by atoms with Gasteiger partial charge in [0.15, 0.2) is 0 Å². The zero-order chi connectivity index (χ0) is 17.0. The van der Waals surface area contributed by atoms with Crippen molar-refractivity contribution in [2.45, 2.75) is 24.4 Å². The SMILES string of the molecule is Cn1c(NC[C@H](O)[C@H](O)[C@@H](O)[C@H](O)CO)cc(=O)n(C)c1=O. The van der Waals surface area contributed by atoms with Crippen molar-refractivity contribution in [3.8, 4) is 0 Å². The molecule has 1 heterocycles. The van der Waals surface area contributed by atoms with Crippen LogP contribution in [0.1, 0.15) is 0 Å². The molecule has 0 saturated carbocycles. The fourth-order valence-corrected chi connectivity index (χ4v) is 1.80. The third-order valence-corrected chi connectivity index (χ3v) is 3.34. The summed E-state index contributed by atoms with van der Waals surface area (Å²) in [4.78, 5) is 23.2. The van der Waals surface area contributed by atoms with Gasteiger partial charge in [-0.2, -0.15) is 0 Å². The molecule has 1 aromatic heterocycles. The number of aliphatic hydroxyl groups is 5. The van der Waals surface area contributed by atoms with Gasteiger partial charge in [0, 0.05) is 26.7 Å². The predicted molar refractivity (Wildman–Crippen MR) is 76.5 cm³/mol. The topological polar surface area (TPSA) is 157 Å². The van der Waals surface area contributed by atoms with Crippen LogP contribution in [0.25, 0.3) is 0 Å². The van der Waals surface area contributed by atoms with E-state index in [1.54, 1.807) is 0 Å². The average molecular weight is 319 g/mol. The van der Waals surface area contributed by atoms with Gasteiger partial charge in [0.05, 0.1) is 12.7 Å². The van der Waals surface area contributed by atoms with Crippen molar-refractivity contribution in [3.63, 3.8) is 0 Å². The van der Waals surface area contributed by atoms with Gasteiger partial charge in [-0.3, -0.25) is 13.9 Å². The molecule has 0 bridgehead atoms. The lowest BCUT2D eigenvalue weighted by molar-refractivity contribution is -0.111. The average Bonchev–Trinajstić information content (AvgIpc) is 2.52. The van der Waals surface area contributed by atoms with Crippen LogP contribution < -0.4 is 16.6 Å². The third kappa shape index (κ3) is 3.93. The first kappa shape index (κ1) is 18.3. The first-order valence-electron chi connectivity index (χ1n) is 6.54. The molecule has 0 spiro atoms. The first-order valence-corrected chi connectivity index (χ1v) is 6.54. The lowest BCUT2D eigenvalue weighted by atomic mass is 10.0. The third-order valence-electron chi connectivity index (χ3n) is 3.34. The van der Waals surface area contributed by atoms with Crippen LogP contribution in [0.15, 0.2) is 15.7 Å². The highest BCUT2D eigenvalue weighted by Gasteiger charge is 2.29. The summed E-state index contributed by atoms with van der Waals surface area (Å²) in [6.45, 7) is -1.07. The van der Waals surface area contributed by atoms with Gasteiger partial charge in [-0.25, -0.2) is 4.79 Å². The Balaban J connectivity index is 2.79. The molecule has 0 radical (unpaired) electrons. The maximum atomic E-state index is 11.7. The van der Waals surface area contributed by atoms with E-state index < -0.39 is 42.3 Å². The summed E-state index contributed by atoms with van der Waals surface area (Å²) >= 11 is 0. The Morgan fingerprint density at radius 3 is 2.14 bits per heavy atom. The molecule has 126 valence electrons. The van der Waals surface area contributed by atoms with Crippen LogP contribution in [0, 0.1) is 0 Å². The van der Waals surface area contributed by atoms with Crippen molar-refractivity contribution in [1.82, 2.24) is 9.13 Å². The van der Waals surface area contributed by atoms with Gasteiger partial charge >= 0.3 is 5.69 Å². The molecule has 0 aromatic carbocycles. The summed E-state index contributed by atoms with van der Waals surface area (Å²) < 4.78 is 2.04. The number of aliphatic hydroxyl groups excluding tert-OH is 5. The number of nitrogens with zero attached hydrogens (tertiary/aromatic N) is 2. The van der Waals surface area contributed by atoms with Crippen LogP contribution >= 0.6 is 0 Å². The maximum absolute atomic E-state index is 11.7. The van der Waals surface area contributed by atoms with Gasteiger partial charge in [0.25, 0.3) is 5.56 Å². The van der Waals surface area contributed by atoms with Crippen LogP contribution in [0.4, 0.5) is 5.82 Å². The Bertz CT molecular complexity index is 612. The van der Waals surface area contributed by atoms with Crippen molar-refractivity contribution in [2.75, 3.05) is 18.5 Å². The summed E-state index contributed by atoms with van der Waals surface area (Å²) in [7, 11) is 2.73. The molecule has 4 atom stereocenters. The van der Waals surface area contributed by atoms with Crippen molar-refractivity contribution >= 4 is 5.82 Å². The van der Waals surface area contributed by atoms with Crippen molar-refractivity contribution in [3.05, 3.63) is 26.9 Å². The first-order chi connectivity index (χ1) is 10.2. The highest BCUT2D eigenvalue weighted by molar-refractivity contribution is 5.34.